The maximum atomic E-state index is 13.2. The number of hydrogen-bond donors (Lipinski definition) is 1. The number of nitrogens with one attached hydrogen (secondary N) is 1. The molecule has 1 heterocycles. The molecule has 0 unspecified atom stereocenters. The number of fused-ring (bicyclic) bond motifs is 1. The molecule has 5 nitrogen and oxygen atoms in total. The van der Waals surface area contributed by atoms with Gasteiger partial charge < -0.3 is 10.1 Å². The molecule has 1 aliphatic rings. The summed E-state index contributed by atoms with van der Waals surface area (Å²) in [6, 6.07) is 8.68. The van der Waals surface area contributed by atoms with Gasteiger partial charge in [0, 0.05) is 10.7 Å². The standard InChI is InChI=1S/C18H15Cl2FN2O3/c1-18(2)17(25)23(14-7-10(19)3-6-15(14)26-18)9-16(24)22-11-4-5-13(21)12(20)8-11/h3-8H,9H2,1-2H3,(H,22,24). The minimum Gasteiger partial charge on any atom is -0.476 e. The quantitative estimate of drug-likeness (QED) is 0.842. The lowest BCUT2D eigenvalue weighted by Crippen LogP contribution is -2.54. The van der Waals surface area contributed by atoms with Gasteiger partial charge in [-0.25, -0.2) is 4.39 Å². The van der Waals surface area contributed by atoms with E-state index >= 15 is 0 Å². The summed E-state index contributed by atoms with van der Waals surface area (Å²) in [7, 11) is 0. The number of nitrogens with zero attached hydrogens (tertiary/aromatic N) is 1. The van der Waals surface area contributed by atoms with Gasteiger partial charge in [-0.15, -0.1) is 0 Å². The molecule has 0 fully saturated rings. The molecule has 0 saturated heterocycles. The zero-order valence-corrected chi connectivity index (χ0v) is 15.5. The van der Waals surface area contributed by atoms with Gasteiger partial charge in [0.1, 0.15) is 18.1 Å². The highest BCUT2D eigenvalue weighted by molar-refractivity contribution is 6.31. The van der Waals surface area contributed by atoms with Crippen LogP contribution in [0.4, 0.5) is 15.8 Å². The van der Waals surface area contributed by atoms with Gasteiger partial charge in [-0.05, 0) is 50.2 Å². The van der Waals surface area contributed by atoms with Crippen molar-refractivity contribution in [2.24, 2.45) is 0 Å². The molecule has 3 rings (SSSR count). The van der Waals surface area contributed by atoms with Crippen LogP contribution in [0, 0.1) is 5.82 Å². The fraction of sp³-hybridized carbons (Fsp3) is 0.222. The van der Waals surface area contributed by atoms with Crippen molar-refractivity contribution in [3.8, 4) is 5.75 Å². The summed E-state index contributed by atoms with van der Waals surface area (Å²) < 4.78 is 18.9. The third kappa shape index (κ3) is 3.61. The monoisotopic (exact) mass is 396 g/mol. The van der Waals surface area contributed by atoms with E-state index in [0.717, 1.165) is 6.07 Å². The van der Waals surface area contributed by atoms with Crippen LogP contribution >= 0.6 is 23.2 Å². The van der Waals surface area contributed by atoms with Crippen molar-refractivity contribution in [1.29, 1.82) is 0 Å². The average Bonchev–Trinajstić information content (AvgIpc) is 2.56. The Labute approximate surface area is 159 Å². The molecule has 1 aliphatic heterocycles. The van der Waals surface area contributed by atoms with Crippen LogP contribution in [-0.4, -0.2) is 24.0 Å². The summed E-state index contributed by atoms with van der Waals surface area (Å²) in [5.41, 5.74) is -0.387. The predicted octanol–water partition coefficient (Wildman–Crippen LogP) is 4.28. The fourth-order valence-electron chi connectivity index (χ4n) is 2.62. The summed E-state index contributed by atoms with van der Waals surface area (Å²) in [6.07, 6.45) is 0. The zero-order chi connectivity index (χ0) is 19.1. The van der Waals surface area contributed by atoms with Gasteiger partial charge in [-0.1, -0.05) is 23.2 Å². The number of rotatable bonds is 3. The first kappa shape index (κ1) is 18.5. The summed E-state index contributed by atoms with van der Waals surface area (Å²) in [6.45, 7) is 2.99. The Balaban J connectivity index is 1.85. The number of anilines is 2. The number of hydrogen-bond acceptors (Lipinski definition) is 3. The maximum absolute atomic E-state index is 13.2. The van der Waals surface area contributed by atoms with E-state index in [1.807, 2.05) is 0 Å². The van der Waals surface area contributed by atoms with Crippen molar-refractivity contribution in [3.05, 3.63) is 52.3 Å². The van der Waals surface area contributed by atoms with E-state index in [9.17, 15) is 14.0 Å². The van der Waals surface area contributed by atoms with E-state index in [1.54, 1.807) is 32.0 Å². The van der Waals surface area contributed by atoms with E-state index in [0.29, 0.717) is 22.1 Å². The maximum Gasteiger partial charge on any atom is 0.271 e. The second kappa shape index (κ2) is 6.78. The van der Waals surface area contributed by atoms with Crippen molar-refractivity contribution < 1.29 is 18.7 Å². The van der Waals surface area contributed by atoms with Crippen molar-refractivity contribution in [1.82, 2.24) is 0 Å². The van der Waals surface area contributed by atoms with Crippen molar-refractivity contribution in [2.45, 2.75) is 19.4 Å². The van der Waals surface area contributed by atoms with Crippen molar-refractivity contribution in [2.75, 3.05) is 16.8 Å². The molecule has 26 heavy (non-hydrogen) atoms. The van der Waals surface area contributed by atoms with E-state index in [-0.39, 0.29) is 17.5 Å². The van der Waals surface area contributed by atoms with Crippen LogP contribution in [-0.2, 0) is 9.59 Å². The van der Waals surface area contributed by atoms with Gasteiger partial charge in [0.2, 0.25) is 5.91 Å². The fourth-order valence-corrected chi connectivity index (χ4v) is 2.96. The van der Waals surface area contributed by atoms with E-state index in [4.69, 9.17) is 27.9 Å². The number of carbonyl (C=O) groups excluding carboxylic acids is 2. The topological polar surface area (TPSA) is 58.6 Å². The Morgan fingerprint density at radius 2 is 1.96 bits per heavy atom. The van der Waals surface area contributed by atoms with Gasteiger partial charge in [-0.2, -0.15) is 0 Å². The van der Waals surface area contributed by atoms with Crippen LogP contribution in [0.15, 0.2) is 36.4 Å². The second-order valence-corrected chi connectivity index (χ2v) is 7.14. The van der Waals surface area contributed by atoms with Crippen LogP contribution in [0.2, 0.25) is 10.0 Å². The number of carbonyl (C=O) groups is 2. The van der Waals surface area contributed by atoms with E-state index in [2.05, 4.69) is 5.32 Å². The highest BCUT2D eigenvalue weighted by Crippen LogP contribution is 2.39. The summed E-state index contributed by atoms with van der Waals surface area (Å²) in [4.78, 5) is 26.4. The smallest absolute Gasteiger partial charge is 0.271 e. The number of ether oxygens (including phenoxy) is 1. The normalized spacial score (nSPS) is 15.3. The predicted molar refractivity (Wildman–Crippen MR) is 98.6 cm³/mol. The van der Waals surface area contributed by atoms with Crippen LogP contribution in [0.1, 0.15) is 13.8 Å². The third-order valence-corrected chi connectivity index (χ3v) is 4.37. The number of amides is 2. The van der Waals surface area contributed by atoms with Crippen molar-refractivity contribution >= 4 is 46.4 Å². The summed E-state index contributed by atoms with van der Waals surface area (Å²) in [5, 5.41) is 2.90. The highest BCUT2D eigenvalue weighted by atomic mass is 35.5. The molecule has 0 saturated carbocycles. The molecule has 0 aliphatic carbocycles. The lowest BCUT2D eigenvalue weighted by atomic mass is 10.0. The van der Waals surface area contributed by atoms with Crippen LogP contribution in [0.5, 0.6) is 5.75 Å². The van der Waals surface area contributed by atoms with Crippen molar-refractivity contribution in [3.63, 3.8) is 0 Å². The Bertz CT molecular complexity index is 902. The summed E-state index contributed by atoms with van der Waals surface area (Å²) in [5.74, 6) is -0.973. The zero-order valence-electron chi connectivity index (χ0n) is 14.0. The Kier molecular flexibility index (Phi) is 4.82. The average molecular weight is 397 g/mol. The number of halogens is 3. The van der Waals surface area contributed by atoms with Gasteiger partial charge in [0.15, 0.2) is 5.60 Å². The lowest BCUT2D eigenvalue weighted by Gasteiger charge is -2.38. The minimum atomic E-state index is -1.12. The molecular weight excluding hydrogens is 382 g/mol. The second-order valence-electron chi connectivity index (χ2n) is 6.29. The van der Waals surface area contributed by atoms with Gasteiger partial charge in [0.05, 0.1) is 10.7 Å². The van der Waals surface area contributed by atoms with Gasteiger partial charge in [-0.3, -0.25) is 14.5 Å². The van der Waals surface area contributed by atoms with Gasteiger partial charge >= 0.3 is 0 Å². The molecule has 1 N–H and O–H groups in total. The van der Waals surface area contributed by atoms with E-state index in [1.165, 1.54) is 17.0 Å². The molecular formula is C18H15Cl2FN2O3. The first-order chi connectivity index (χ1) is 12.2. The Hall–Kier alpha value is -2.31. The SMILES string of the molecule is CC1(C)Oc2ccc(Cl)cc2N(CC(=O)Nc2ccc(F)c(Cl)c2)C1=O. The molecule has 0 spiro atoms. The molecule has 0 aromatic heterocycles. The summed E-state index contributed by atoms with van der Waals surface area (Å²) >= 11 is 11.7. The first-order valence-electron chi connectivity index (χ1n) is 7.73. The molecule has 8 heteroatoms. The third-order valence-electron chi connectivity index (χ3n) is 3.84. The highest BCUT2D eigenvalue weighted by Gasteiger charge is 2.41. The molecule has 0 atom stereocenters. The molecule has 0 bridgehead atoms. The van der Waals surface area contributed by atoms with Gasteiger partial charge in [0.25, 0.3) is 5.91 Å². The van der Waals surface area contributed by atoms with Crippen LogP contribution in [0.3, 0.4) is 0 Å². The molecule has 136 valence electrons. The number of benzene rings is 2. The van der Waals surface area contributed by atoms with E-state index < -0.39 is 17.3 Å². The molecule has 2 aromatic rings. The minimum absolute atomic E-state index is 0.108. The molecule has 2 amide bonds. The molecule has 2 aromatic carbocycles. The lowest BCUT2D eigenvalue weighted by molar-refractivity contribution is -0.133. The largest absolute Gasteiger partial charge is 0.476 e. The van der Waals surface area contributed by atoms with Crippen LogP contribution < -0.4 is 15.0 Å². The first-order valence-corrected chi connectivity index (χ1v) is 8.48. The van der Waals surface area contributed by atoms with Crippen LogP contribution in [0.25, 0.3) is 0 Å². The Morgan fingerprint density at radius 1 is 1.23 bits per heavy atom. The molecule has 0 radical (unpaired) electrons. The Morgan fingerprint density at radius 3 is 2.65 bits per heavy atom.